The Balaban J connectivity index is 1.53. The fraction of sp³-hybridized carbons (Fsp3) is 0.273. The molecule has 4 aromatic rings. The van der Waals surface area contributed by atoms with Crippen LogP contribution in [0.15, 0.2) is 121 Å². The first-order chi connectivity index (χ1) is 17.8. The van der Waals surface area contributed by atoms with Gasteiger partial charge in [0.2, 0.25) is 0 Å². The highest BCUT2D eigenvalue weighted by molar-refractivity contribution is 5.38. The molecule has 0 saturated carbocycles. The Kier molecular flexibility index (Phi) is 7.02. The fourth-order valence-electron chi connectivity index (χ4n) is 5.50. The summed E-state index contributed by atoms with van der Waals surface area (Å²) in [6, 6.07) is 38.7. The third-order valence-electron chi connectivity index (χ3n) is 7.28. The van der Waals surface area contributed by atoms with Crippen molar-refractivity contribution in [1.29, 1.82) is 0 Å². The fourth-order valence-corrected chi connectivity index (χ4v) is 5.50. The van der Waals surface area contributed by atoms with Crippen molar-refractivity contribution < 1.29 is 19.7 Å². The van der Waals surface area contributed by atoms with Crippen LogP contribution in [0.2, 0.25) is 0 Å². The molecule has 4 nitrogen and oxygen atoms in total. The largest absolute Gasteiger partial charge is 0.380 e. The van der Waals surface area contributed by atoms with Gasteiger partial charge in [-0.2, -0.15) is 0 Å². The van der Waals surface area contributed by atoms with Crippen LogP contribution in [0.25, 0.3) is 0 Å². The second-order valence-corrected chi connectivity index (χ2v) is 10.3. The van der Waals surface area contributed by atoms with Gasteiger partial charge in [0.15, 0.2) is 5.79 Å². The standard InChI is InChI=1S/C33H34O4/c1-31(2)36-29(23-32(34,25-15-7-3-8-16-25)26-17-9-4-10-18-26)30(37-31)24-33(35,27-19-11-5-12-20-27)28-21-13-6-14-22-28/h3-22,29-30,34-35H,23-24H2,1-2H3/t29-,30-/m1/s1. The average molecular weight is 495 g/mol. The SMILES string of the molecule is CC1(C)O[C@H](CC(O)(c2ccccc2)c2ccccc2)[C@@H](CC(O)(c2ccccc2)c2ccccc2)O1. The lowest BCUT2D eigenvalue weighted by Gasteiger charge is -2.36. The van der Waals surface area contributed by atoms with E-state index in [-0.39, 0.29) is 12.8 Å². The summed E-state index contributed by atoms with van der Waals surface area (Å²) in [6.45, 7) is 3.77. The summed E-state index contributed by atoms with van der Waals surface area (Å²) in [4.78, 5) is 0. The van der Waals surface area contributed by atoms with Crippen LogP contribution in [0.1, 0.15) is 48.9 Å². The lowest BCUT2D eigenvalue weighted by atomic mass is 9.77. The maximum atomic E-state index is 12.2. The molecular weight excluding hydrogens is 460 g/mol. The van der Waals surface area contributed by atoms with Crippen LogP contribution in [0, 0.1) is 0 Å². The molecule has 0 unspecified atom stereocenters. The van der Waals surface area contributed by atoms with Crippen molar-refractivity contribution in [3.8, 4) is 0 Å². The van der Waals surface area contributed by atoms with Crippen molar-refractivity contribution in [3.63, 3.8) is 0 Å². The smallest absolute Gasteiger partial charge is 0.163 e. The highest BCUT2D eigenvalue weighted by Crippen LogP contribution is 2.44. The molecule has 2 atom stereocenters. The Labute approximate surface area is 219 Å². The van der Waals surface area contributed by atoms with Gasteiger partial charge in [-0.15, -0.1) is 0 Å². The van der Waals surface area contributed by atoms with Crippen molar-refractivity contribution in [2.45, 2.75) is 55.9 Å². The van der Waals surface area contributed by atoms with Gasteiger partial charge in [-0.3, -0.25) is 0 Å². The zero-order valence-corrected chi connectivity index (χ0v) is 21.3. The number of hydrogen-bond donors (Lipinski definition) is 2. The Morgan fingerprint density at radius 1 is 0.514 bits per heavy atom. The van der Waals surface area contributed by atoms with E-state index in [4.69, 9.17) is 9.47 Å². The minimum atomic E-state index is -1.30. The number of rotatable bonds is 8. The molecule has 1 heterocycles. The lowest BCUT2D eigenvalue weighted by Crippen LogP contribution is -2.40. The van der Waals surface area contributed by atoms with Gasteiger partial charge < -0.3 is 19.7 Å². The number of hydrogen-bond acceptors (Lipinski definition) is 4. The predicted octanol–water partition coefficient (Wildman–Crippen LogP) is 6.16. The van der Waals surface area contributed by atoms with Crippen LogP contribution in [0.3, 0.4) is 0 Å². The normalized spacial score (nSPS) is 19.6. The third-order valence-corrected chi connectivity index (χ3v) is 7.28. The van der Waals surface area contributed by atoms with Gasteiger partial charge >= 0.3 is 0 Å². The Hall–Kier alpha value is -3.28. The van der Waals surface area contributed by atoms with E-state index in [2.05, 4.69) is 0 Å². The summed E-state index contributed by atoms with van der Waals surface area (Å²) in [5.41, 5.74) is 0.549. The Morgan fingerprint density at radius 3 is 1.00 bits per heavy atom. The molecule has 5 rings (SSSR count). The van der Waals surface area contributed by atoms with Crippen LogP contribution in [-0.4, -0.2) is 28.2 Å². The molecular formula is C33H34O4. The summed E-state index contributed by atoms with van der Waals surface area (Å²) >= 11 is 0. The topological polar surface area (TPSA) is 58.9 Å². The van der Waals surface area contributed by atoms with Gasteiger partial charge in [0.05, 0.1) is 12.2 Å². The molecule has 0 amide bonds. The lowest BCUT2D eigenvalue weighted by molar-refractivity contribution is -0.153. The summed E-state index contributed by atoms with van der Waals surface area (Å²) in [5.74, 6) is -0.863. The molecule has 0 aromatic heterocycles. The number of aliphatic hydroxyl groups is 2. The van der Waals surface area contributed by atoms with Gasteiger partial charge in [-0.25, -0.2) is 0 Å². The van der Waals surface area contributed by atoms with Crippen molar-refractivity contribution in [2.24, 2.45) is 0 Å². The molecule has 4 heteroatoms. The van der Waals surface area contributed by atoms with Crippen LogP contribution in [0.5, 0.6) is 0 Å². The first kappa shape index (κ1) is 25.4. The van der Waals surface area contributed by atoms with E-state index in [0.29, 0.717) is 0 Å². The molecule has 0 bridgehead atoms. The van der Waals surface area contributed by atoms with E-state index in [1.165, 1.54) is 0 Å². The van der Waals surface area contributed by atoms with Gasteiger partial charge in [0.25, 0.3) is 0 Å². The molecule has 0 aliphatic carbocycles. The maximum Gasteiger partial charge on any atom is 0.163 e. The Morgan fingerprint density at radius 2 is 0.757 bits per heavy atom. The van der Waals surface area contributed by atoms with E-state index in [9.17, 15) is 10.2 Å². The first-order valence-corrected chi connectivity index (χ1v) is 12.8. The van der Waals surface area contributed by atoms with Crippen molar-refractivity contribution in [2.75, 3.05) is 0 Å². The van der Waals surface area contributed by atoms with E-state index in [0.717, 1.165) is 22.3 Å². The second kappa shape index (κ2) is 10.2. The van der Waals surface area contributed by atoms with E-state index < -0.39 is 29.2 Å². The third kappa shape index (κ3) is 5.25. The predicted molar refractivity (Wildman–Crippen MR) is 145 cm³/mol. The number of benzene rings is 4. The van der Waals surface area contributed by atoms with Crippen molar-refractivity contribution >= 4 is 0 Å². The average Bonchev–Trinajstić information content (AvgIpc) is 3.22. The van der Waals surface area contributed by atoms with E-state index in [1.54, 1.807) is 0 Å². The van der Waals surface area contributed by atoms with Crippen LogP contribution >= 0.6 is 0 Å². The van der Waals surface area contributed by atoms with Gasteiger partial charge in [-0.1, -0.05) is 121 Å². The monoisotopic (exact) mass is 494 g/mol. The molecule has 2 N–H and O–H groups in total. The van der Waals surface area contributed by atoms with Crippen LogP contribution in [-0.2, 0) is 20.7 Å². The van der Waals surface area contributed by atoms with Crippen molar-refractivity contribution in [3.05, 3.63) is 144 Å². The molecule has 1 saturated heterocycles. The molecule has 37 heavy (non-hydrogen) atoms. The zero-order chi connectivity index (χ0) is 25.9. The molecule has 0 spiro atoms. The Bertz CT molecular complexity index is 1090. The summed E-state index contributed by atoms with van der Waals surface area (Å²) in [6.07, 6.45) is -0.400. The van der Waals surface area contributed by atoms with Gasteiger partial charge in [0.1, 0.15) is 11.2 Å². The molecule has 4 aromatic carbocycles. The summed E-state index contributed by atoms with van der Waals surface area (Å²) < 4.78 is 12.8. The molecule has 0 radical (unpaired) electrons. The van der Waals surface area contributed by atoms with Gasteiger partial charge in [-0.05, 0) is 36.1 Å². The van der Waals surface area contributed by atoms with E-state index in [1.807, 2.05) is 135 Å². The van der Waals surface area contributed by atoms with Crippen LogP contribution < -0.4 is 0 Å². The quantitative estimate of drug-likeness (QED) is 0.308. The highest BCUT2D eigenvalue weighted by Gasteiger charge is 2.49. The van der Waals surface area contributed by atoms with E-state index >= 15 is 0 Å². The maximum absolute atomic E-state index is 12.2. The molecule has 1 fully saturated rings. The van der Waals surface area contributed by atoms with Crippen LogP contribution in [0.4, 0.5) is 0 Å². The number of ether oxygens (including phenoxy) is 2. The van der Waals surface area contributed by atoms with Crippen molar-refractivity contribution in [1.82, 2.24) is 0 Å². The minimum absolute atomic E-state index is 0.273. The minimum Gasteiger partial charge on any atom is -0.380 e. The van der Waals surface area contributed by atoms with Gasteiger partial charge in [0, 0.05) is 12.8 Å². The molecule has 1 aliphatic heterocycles. The second-order valence-electron chi connectivity index (χ2n) is 10.3. The summed E-state index contributed by atoms with van der Waals surface area (Å²) in [5, 5.41) is 24.5. The zero-order valence-electron chi connectivity index (χ0n) is 21.3. The first-order valence-electron chi connectivity index (χ1n) is 12.8. The molecule has 190 valence electrons. The summed E-state index contributed by atoms with van der Waals surface area (Å²) in [7, 11) is 0. The highest BCUT2D eigenvalue weighted by atomic mass is 16.8. The molecule has 1 aliphatic rings.